The van der Waals surface area contributed by atoms with Crippen LogP contribution in [-0.4, -0.2) is 31.2 Å². The number of sulfonamides is 1. The van der Waals surface area contributed by atoms with E-state index in [0.717, 1.165) is 22.9 Å². The smallest absolute Gasteiger partial charge is 0.245 e. The minimum Gasteiger partial charge on any atom is -0.396 e. The van der Waals surface area contributed by atoms with Gasteiger partial charge in [-0.1, -0.05) is 6.42 Å². The summed E-state index contributed by atoms with van der Waals surface area (Å²) < 4.78 is 39.9. The first-order valence-corrected chi connectivity index (χ1v) is 8.54. The molecule has 0 spiro atoms. The molecule has 1 aromatic carbocycles. The lowest BCUT2D eigenvalue weighted by Crippen LogP contribution is -2.50. The van der Waals surface area contributed by atoms with Gasteiger partial charge in [0, 0.05) is 11.0 Å². The number of nitrogen functional groups attached to an aromatic ring is 1. The van der Waals surface area contributed by atoms with E-state index in [1.807, 2.05) is 0 Å². The molecule has 1 heterocycles. The second kappa shape index (κ2) is 5.90. The van der Waals surface area contributed by atoms with E-state index in [1.165, 1.54) is 0 Å². The minimum atomic E-state index is -3.99. The monoisotopic (exact) mass is 379 g/mol. The van der Waals surface area contributed by atoms with Gasteiger partial charge in [0.1, 0.15) is 11.9 Å². The molecule has 1 amide bonds. The maximum Gasteiger partial charge on any atom is 0.245 e. The molecular weight excluding hydrogens is 365 g/mol. The molecule has 1 aliphatic rings. The third-order valence-corrected chi connectivity index (χ3v) is 6.29. The van der Waals surface area contributed by atoms with Gasteiger partial charge in [-0.05, 0) is 40.9 Å². The van der Waals surface area contributed by atoms with Crippen molar-refractivity contribution in [2.75, 3.05) is 12.3 Å². The topological polar surface area (TPSA) is 106 Å². The molecule has 1 unspecified atom stereocenters. The Morgan fingerprint density at radius 2 is 2.05 bits per heavy atom. The van der Waals surface area contributed by atoms with Crippen molar-refractivity contribution in [1.82, 2.24) is 4.31 Å². The summed E-state index contributed by atoms with van der Waals surface area (Å²) in [6.45, 7) is 0.194. The second-order valence-corrected chi connectivity index (χ2v) is 7.55. The zero-order valence-electron chi connectivity index (χ0n) is 11.1. The highest BCUT2D eigenvalue weighted by atomic mass is 79.9. The first-order valence-electron chi connectivity index (χ1n) is 6.31. The lowest BCUT2D eigenvalue weighted by atomic mass is 10.0. The van der Waals surface area contributed by atoms with E-state index in [1.54, 1.807) is 0 Å². The van der Waals surface area contributed by atoms with Gasteiger partial charge in [0.15, 0.2) is 0 Å². The summed E-state index contributed by atoms with van der Waals surface area (Å²) >= 11 is 3.02. The van der Waals surface area contributed by atoms with Crippen LogP contribution in [0.1, 0.15) is 19.3 Å². The summed E-state index contributed by atoms with van der Waals surface area (Å²) in [5.41, 5.74) is 10.4. The molecule has 6 nitrogen and oxygen atoms in total. The number of anilines is 1. The highest BCUT2D eigenvalue weighted by Crippen LogP contribution is 2.32. The quantitative estimate of drug-likeness (QED) is 0.769. The fraction of sp³-hybridized carbons (Fsp3) is 0.417. The third kappa shape index (κ3) is 3.04. The van der Waals surface area contributed by atoms with Crippen LogP contribution in [-0.2, 0) is 14.8 Å². The molecule has 2 rings (SSSR count). The van der Waals surface area contributed by atoms with Gasteiger partial charge in [-0.25, -0.2) is 12.8 Å². The standard InChI is InChI=1S/C12H15BrFN3O3S/c13-7-5-8(14)9(15)6-11(7)21(19,20)17-4-2-1-3-10(17)12(16)18/h5-6,10H,1-4,15H2,(H2,16,18). The Morgan fingerprint density at radius 1 is 1.38 bits per heavy atom. The Labute approximate surface area is 130 Å². The van der Waals surface area contributed by atoms with Gasteiger partial charge in [0.05, 0.1) is 10.6 Å². The lowest BCUT2D eigenvalue weighted by Gasteiger charge is -2.32. The number of nitrogens with two attached hydrogens (primary N) is 2. The molecule has 4 N–H and O–H groups in total. The molecule has 0 saturated carbocycles. The van der Waals surface area contributed by atoms with Gasteiger partial charge >= 0.3 is 0 Å². The van der Waals surface area contributed by atoms with Gasteiger partial charge in [-0.15, -0.1) is 0 Å². The van der Waals surface area contributed by atoms with Crippen LogP contribution in [0.5, 0.6) is 0 Å². The predicted molar refractivity (Wildman–Crippen MR) is 79.2 cm³/mol. The molecule has 1 aliphatic heterocycles. The number of hydrogen-bond donors (Lipinski definition) is 2. The molecule has 116 valence electrons. The van der Waals surface area contributed by atoms with Crippen molar-refractivity contribution >= 4 is 37.5 Å². The van der Waals surface area contributed by atoms with Gasteiger partial charge in [-0.3, -0.25) is 4.79 Å². The SMILES string of the molecule is NC(=O)C1CCCCN1S(=O)(=O)c1cc(N)c(F)cc1Br. The van der Waals surface area contributed by atoms with Crippen LogP contribution in [0.25, 0.3) is 0 Å². The van der Waals surface area contributed by atoms with Crippen LogP contribution in [0.2, 0.25) is 0 Å². The van der Waals surface area contributed by atoms with E-state index in [9.17, 15) is 17.6 Å². The number of carbonyl (C=O) groups is 1. The summed E-state index contributed by atoms with van der Waals surface area (Å²) in [6.07, 6.45) is 1.74. The Balaban J connectivity index is 2.50. The van der Waals surface area contributed by atoms with Crippen molar-refractivity contribution in [2.24, 2.45) is 5.73 Å². The highest BCUT2D eigenvalue weighted by molar-refractivity contribution is 9.10. The Hall–Kier alpha value is -1.19. The number of primary amides is 1. The van der Waals surface area contributed by atoms with Crippen LogP contribution in [0.3, 0.4) is 0 Å². The number of hydrogen-bond acceptors (Lipinski definition) is 4. The van der Waals surface area contributed by atoms with E-state index in [-0.39, 0.29) is 21.6 Å². The van der Waals surface area contributed by atoms with Crippen molar-refractivity contribution in [3.8, 4) is 0 Å². The van der Waals surface area contributed by atoms with E-state index in [4.69, 9.17) is 11.5 Å². The molecule has 21 heavy (non-hydrogen) atoms. The Kier molecular flexibility index (Phi) is 4.54. The maximum atomic E-state index is 13.4. The van der Waals surface area contributed by atoms with Crippen LogP contribution in [0.15, 0.2) is 21.5 Å². The van der Waals surface area contributed by atoms with Crippen molar-refractivity contribution in [1.29, 1.82) is 0 Å². The molecule has 0 bridgehead atoms. The first kappa shape index (κ1) is 16.2. The van der Waals surface area contributed by atoms with E-state index in [0.29, 0.717) is 12.8 Å². The Bertz CT molecular complexity index is 681. The zero-order chi connectivity index (χ0) is 15.8. The van der Waals surface area contributed by atoms with Crippen molar-refractivity contribution in [3.05, 3.63) is 22.4 Å². The largest absolute Gasteiger partial charge is 0.396 e. The van der Waals surface area contributed by atoms with Gasteiger partial charge in [0.25, 0.3) is 0 Å². The normalized spacial score (nSPS) is 20.4. The average molecular weight is 380 g/mol. The van der Waals surface area contributed by atoms with Crippen molar-refractivity contribution < 1.29 is 17.6 Å². The number of piperidine rings is 1. The fourth-order valence-corrected chi connectivity index (χ4v) is 5.02. The molecule has 1 aromatic rings. The summed E-state index contributed by atoms with van der Waals surface area (Å²) in [4.78, 5) is 11.3. The number of benzene rings is 1. The van der Waals surface area contributed by atoms with Crippen molar-refractivity contribution in [3.63, 3.8) is 0 Å². The van der Waals surface area contributed by atoms with Crippen LogP contribution in [0.4, 0.5) is 10.1 Å². The molecule has 1 saturated heterocycles. The zero-order valence-corrected chi connectivity index (χ0v) is 13.5. The predicted octanol–water partition coefficient (Wildman–Crippen LogP) is 1.20. The van der Waals surface area contributed by atoms with E-state index < -0.39 is 27.8 Å². The molecule has 1 fully saturated rings. The average Bonchev–Trinajstić information content (AvgIpc) is 2.42. The van der Waals surface area contributed by atoms with E-state index in [2.05, 4.69) is 15.9 Å². The fourth-order valence-electron chi connectivity index (χ4n) is 2.35. The van der Waals surface area contributed by atoms with Crippen LogP contribution in [0, 0.1) is 5.82 Å². The number of nitrogens with zero attached hydrogens (tertiary/aromatic N) is 1. The first-order chi connectivity index (χ1) is 9.75. The second-order valence-electron chi connectivity index (χ2n) is 4.83. The highest BCUT2D eigenvalue weighted by Gasteiger charge is 2.37. The van der Waals surface area contributed by atoms with E-state index >= 15 is 0 Å². The van der Waals surface area contributed by atoms with Gasteiger partial charge < -0.3 is 11.5 Å². The molecule has 9 heteroatoms. The van der Waals surface area contributed by atoms with Crippen LogP contribution >= 0.6 is 15.9 Å². The summed E-state index contributed by atoms with van der Waals surface area (Å²) in [5, 5.41) is 0. The molecule has 0 aliphatic carbocycles. The molecular formula is C12H15BrFN3O3S. The summed E-state index contributed by atoms with van der Waals surface area (Å²) in [7, 11) is -3.99. The van der Waals surface area contributed by atoms with Gasteiger partial charge in [0.2, 0.25) is 15.9 Å². The minimum absolute atomic E-state index is 0.0583. The summed E-state index contributed by atoms with van der Waals surface area (Å²) in [5.74, 6) is -1.41. The van der Waals surface area contributed by atoms with Crippen molar-refractivity contribution in [2.45, 2.75) is 30.2 Å². The number of carbonyl (C=O) groups excluding carboxylic acids is 1. The van der Waals surface area contributed by atoms with Gasteiger partial charge in [-0.2, -0.15) is 4.31 Å². The number of rotatable bonds is 3. The third-order valence-electron chi connectivity index (χ3n) is 3.42. The Morgan fingerprint density at radius 3 is 2.67 bits per heavy atom. The molecule has 1 atom stereocenters. The molecule has 0 aromatic heterocycles. The lowest BCUT2D eigenvalue weighted by molar-refractivity contribution is -0.122. The maximum absolute atomic E-state index is 13.4. The number of halogens is 2. The van der Waals surface area contributed by atoms with Crippen LogP contribution < -0.4 is 11.5 Å². The molecule has 0 radical (unpaired) electrons. The number of amides is 1. The summed E-state index contributed by atoms with van der Waals surface area (Å²) in [6, 6.07) is 1.15.